The molecule has 2 aromatic carbocycles. The molecule has 2 fully saturated rings. The summed E-state index contributed by atoms with van der Waals surface area (Å²) in [6.07, 6.45) is 4.52. The molecule has 0 bridgehead atoms. The molecule has 3 nitrogen and oxygen atoms in total. The van der Waals surface area contributed by atoms with Crippen molar-refractivity contribution in [2.75, 3.05) is 33.3 Å². The van der Waals surface area contributed by atoms with Crippen LogP contribution in [0, 0.1) is 5.82 Å². The van der Waals surface area contributed by atoms with E-state index in [4.69, 9.17) is 4.74 Å². The molecule has 1 aliphatic heterocycles. The first-order valence-electron chi connectivity index (χ1n) is 10.1. The topological polar surface area (TPSA) is 24.5 Å². The van der Waals surface area contributed by atoms with Crippen LogP contribution in [0.25, 0.3) is 0 Å². The molecule has 29 heavy (non-hydrogen) atoms. The molecule has 6 heteroatoms. The highest BCUT2D eigenvalue weighted by Crippen LogP contribution is 2.47. The van der Waals surface area contributed by atoms with Gasteiger partial charge in [0.1, 0.15) is 11.6 Å². The number of nitrogens with zero attached hydrogens (tertiary/aromatic N) is 1. The molecule has 1 heterocycles. The van der Waals surface area contributed by atoms with Crippen molar-refractivity contribution in [2.24, 2.45) is 0 Å². The first kappa shape index (κ1) is 23.9. The number of piperazine rings is 1. The lowest BCUT2D eigenvalue weighted by Gasteiger charge is -2.50. The quantitative estimate of drug-likeness (QED) is 0.712. The van der Waals surface area contributed by atoms with Gasteiger partial charge in [-0.25, -0.2) is 4.39 Å². The first-order chi connectivity index (χ1) is 13.2. The normalized spacial score (nSPS) is 24.8. The zero-order valence-electron chi connectivity index (χ0n) is 16.9. The van der Waals surface area contributed by atoms with Gasteiger partial charge in [-0.05, 0) is 67.0 Å². The summed E-state index contributed by atoms with van der Waals surface area (Å²) in [6, 6.07) is 15.7. The SMILES string of the molecule is COc1cccc(C2(N3CCNCC3)CCC(c3ccc(F)cc3)CC2)c1.Cl.Cl. The second kappa shape index (κ2) is 10.6. The minimum absolute atomic E-state index is 0. The lowest BCUT2D eigenvalue weighted by Crippen LogP contribution is -2.55. The Bertz CT molecular complexity index is 758. The third kappa shape index (κ3) is 5.05. The van der Waals surface area contributed by atoms with Gasteiger partial charge >= 0.3 is 0 Å². The summed E-state index contributed by atoms with van der Waals surface area (Å²) in [5, 5.41) is 3.48. The Balaban J connectivity index is 0.00000150. The van der Waals surface area contributed by atoms with Crippen LogP contribution in [0.4, 0.5) is 4.39 Å². The van der Waals surface area contributed by atoms with Gasteiger partial charge in [0.05, 0.1) is 7.11 Å². The fraction of sp³-hybridized carbons (Fsp3) is 0.478. The second-order valence-corrected chi connectivity index (χ2v) is 7.83. The number of hydrogen-bond acceptors (Lipinski definition) is 3. The maximum Gasteiger partial charge on any atom is 0.123 e. The smallest absolute Gasteiger partial charge is 0.123 e. The van der Waals surface area contributed by atoms with Crippen LogP contribution in [-0.4, -0.2) is 38.2 Å². The minimum Gasteiger partial charge on any atom is -0.497 e. The standard InChI is InChI=1S/C23H29FN2O.2ClH/c1-27-22-4-2-3-20(17-22)23(26-15-13-25-14-16-26)11-9-19(10-12-23)18-5-7-21(24)8-6-18;;/h2-8,17,19,25H,9-16H2,1H3;2*1H. The van der Waals surface area contributed by atoms with Crippen LogP contribution in [0.1, 0.15) is 42.7 Å². The van der Waals surface area contributed by atoms with Crippen molar-refractivity contribution >= 4 is 24.8 Å². The van der Waals surface area contributed by atoms with E-state index in [0.29, 0.717) is 5.92 Å². The van der Waals surface area contributed by atoms with Gasteiger partial charge in [0.2, 0.25) is 0 Å². The molecular formula is C23H31Cl2FN2O. The Morgan fingerprint density at radius 3 is 2.28 bits per heavy atom. The maximum absolute atomic E-state index is 13.3. The fourth-order valence-electron chi connectivity index (χ4n) is 4.96. The van der Waals surface area contributed by atoms with Crippen molar-refractivity contribution in [3.8, 4) is 5.75 Å². The molecule has 0 atom stereocenters. The van der Waals surface area contributed by atoms with Gasteiger partial charge in [-0.1, -0.05) is 24.3 Å². The van der Waals surface area contributed by atoms with Gasteiger partial charge in [0.15, 0.2) is 0 Å². The van der Waals surface area contributed by atoms with E-state index in [-0.39, 0.29) is 36.2 Å². The second-order valence-electron chi connectivity index (χ2n) is 7.83. The number of benzene rings is 2. The van der Waals surface area contributed by atoms with Gasteiger partial charge in [-0.15, -0.1) is 24.8 Å². The molecule has 1 aliphatic carbocycles. The summed E-state index contributed by atoms with van der Waals surface area (Å²) < 4.78 is 18.8. The van der Waals surface area contributed by atoms with Crippen molar-refractivity contribution in [3.63, 3.8) is 0 Å². The summed E-state index contributed by atoms with van der Waals surface area (Å²) in [7, 11) is 1.74. The average Bonchev–Trinajstić information content (AvgIpc) is 2.75. The molecule has 2 aromatic rings. The summed E-state index contributed by atoms with van der Waals surface area (Å²) in [5.74, 6) is 1.30. The fourth-order valence-corrected chi connectivity index (χ4v) is 4.96. The molecule has 1 N–H and O–H groups in total. The highest BCUT2D eigenvalue weighted by atomic mass is 35.5. The van der Waals surface area contributed by atoms with Crippen LogP contribution >= 0.6 is 24.8 Å². The van der Waals surface area contributed by atoms with E-state index in [1.165, 1.54) is 11.1 Å². The van der Waals surface area contributed by atoms with Crippen molar-refractivity contribution in [1.29, 1.82) is 0 Å². The van der Waals surface area contributed by atoms with E-state index in [9.17, 15) is 4.39 Å². The Morgan fingerprint density at radius 2 is 1.66 bits per heavy atom. The van der Waals surface area contributed by atoms with Crippen LogP contribution < -0.4 is 10.1 Å². The van der Waals surface area contributed by atoms with Gasteiger partial charge in [-0.3, -0.25) is 4.90 Å². The lowest BCUT2D eigenvalue weighted by molar-refractivity contribution is 0.0311. The number of rotatable bonds is 4. The Kier molecular flexibility index (Phi) is 8.77. The van der Waals surface area contributed by atoms with Gasteiger partial charge in [-0.2, -0.15) is 0 Å². The molecule has 2 aliphatic rings. The monoisotopic (exact) mass is 440 g/mol. The van der Waals surface area contributed by atoms with E-state index in [1.807, 2.05) is 18.2 Å². The van der Waals surface area contributed by atoms with E-state index in [2.05, 4.69) is 28.4 Å². The highest BCUT2D eigenvalue weighted by Gasteiger charge is 2.42. The van der Waals surface area contributed by atoms with Gasteiger partial charge in [0.25, 0.3) is 0 Å². The number of halogens is 3. The largest absolute Gasteiger partial charge is 0.497 e. The highest BCUT2D eigenvalue weighted by molar-refractivity contribution is 5.85. The zero-order chi connectivity index (χ0) is 18.7. The van der Waals surface area contributed by atoms with Crippen molar-refractivity contribution in [3.05, 3.63) is 65.5 Å². The number of methoxy groups -OCH3 is 1. The molecule has 4 rings (SSSR count). The molecule has 0 aromatic heterocycles. The van der Waals surface area contributed by atoms with E-state index < -0.39 is 0 Å². The molecule has 160 valence electrons. The zero-order valence-corrected chi connectivity index (χ0v) is 18.5. The molecule has 0 unspecified atom stereocenters. The Morgan fingerprint density at radius 1 is 1.00 bits per heavy atom. The molecule has 1 saturated heterocycles. The van der Waals surface area contributed by atoms with Crippen LogP contribution in [0.2, 0.25) is 0 Å². The number of hydrogen-bond donors (Lipinski definition) is 1. The van der Waals surface area contributed by atoms with Crippen LogP contribution in [0.3, 0.4) is 0 Å². The van der Waals surface area contributed by atoms with Crippen molar-refractivity contribution in [2.45, 2.75) is 37.1 Å². The third-order valence-electron chi connectivity index (χ3n) is 6.48. The van der Waals surface area contributed by atoms with Crippen LogP contribution in [-0.2, 0) is 5.54 Å². The summed E-state index contributed by atoms with van der Waals surface area (Å²) in [4.78, 5) is 2.68. The number of ether oxygens (including phenoxy) is 1. The predicted octanol–water partition coefficient (Wildman–Crippen LogP) is 5.14. The first-order valence-corrected chi connectivity index (χ1v) is 10.1. The third-order valence-corrected chi connectivity index (χ3v) is 6.48. The number of nitrogens with one attached hydrogen (secondary N) is 1. The Hall–Kier alpha value is -1.33. The summed E-state index contributed by atoms with van der Waals surface area (Å²) >= 11 is 0. The van der Waals surface area contributed by atoms with E-state index in [0.717, 1.165) is 57.6 Å². The van der Waals surface area contributed by atoms with Gasteiger partial charge in [0, 0.05) is 31.7 Å². The summed E-state index contributed by atoms with van der Waals surface area (Å²) in [6.45, 7) is 4.26. The van der Waals surface area contributed by atoms with Crippen LogP contribution in [0.15, 0.2) is 48.5 Å². The molecule has 0 spiro atoms. The maximum atomic E-state index is 13.3. The van der Waals surface area contributed by atoms with E-state index in [1.54, 1.807) is 19.2 Å². The molecular weight excluding hydrogens is 410 g/mol. The molecule has 1 saturated carbocycles. The van der Waals surface area contributed by atoms with Crippen molar-refractivity contribution in [1.82, 2.24) is 10.2 Å². The lowest BCUT2D eigenvalue weighted by atomic mass is 9.70. The van der Waals surface area contributed by atoms with Crippen LogP contribution in [0.5, 0.6) is 5.75 Å². The Labute approximate surface area is 185 Å². The average molecular weight is 441 g/mol. The van der Waals surface area contributed by atoms with E-state index >= 15 is 0 Å². The molecule has 0 amide bonds. The summed E-state index contributed by atoms with van der Waals surface area (Å²) in [5.41, 5.74) is 2.73. The minimum atomic E-state index is -0.152. The van der Waals surface area contributed by atoms with Crippen molar-refractivity contribution < 1.29 is 9.13 Å². The predicted molar refractivity (Wildman–Crippen MR) is 121 cm³/mol. The van der Waals surface area contributed by atoms with Gasteiger partial charge < -0.3 is 10.1 Å². The molecule has 0 radical (unpaired) electrons.